The summed E-state index contributed by atoms with van der Waals surface area (Å²) in [5, 5.41) is 27.4. The molecule has 4 nitrogen and oxygen atoms in total. The van der Waals surface area contributed by atoms with Crippen LogP contribution in [0, 0.1) is 18.3 Å². The van der Waals surface area contributed by atoms with Gasteiger partial charge in [-0.25, -0.2) is 0 Å². The van der Waals surface area contributed by atoms with Crippen LogP contribution in [0.3, 0.4) is 0 Å². The number of aliphatic hydroxyl groups excluding tert-OH is 2. The van der Waals surface area contributed by atoms with E-state index in [1.165, 1.54) is 0 Å². The van der Waals surface area contributed by atoms with Crippen molar-refractivity contribution in [3.8, 4) is 6.07 Å². The Balaban J connectivity index is 2.84. The average Bonchev–Trinajstić information content (AvgIpc) is 2.18. The molecular weight excluding hydrogens is 180 g/mol. The molecule has 0 fully saturated rings. The van der Waals surface area contributed by atoms with E-state index in [-0.39, 0.29) is 6.42 Å². The largest absolute Gasteiger partial charge is 0.389 e. The van der Waals surface area contributed by atoms with Crippen molar-refractivity contribution in [1.29, 1.82) is 5.26 Å². The first-order chi connectivity index (χ1) is 6.66. The van der Waals surface area contributed by atoms with Gasteiger partial charge in [0.05, 0.1) is 24.3 Å². The summed E-state index contributed by atoms with van der Waals surface area (Å²) in [6, 6.07) is 5.35. The highest BCUT2D eigenvalue weighted by Crippen LogP contribution is 2.19. The van der Waals surface area contributed by atoms with Gasteiger partial charge in [-0.3, -0.25) is 4.98 Å². The minimum Gasteiger partial charge on any atom is -0.389 e. The lowest BCUT2D eigenvalue weighted by Gasteiger charge is -2.16. The van der Waals surface area contributed by atoms with Gasteiger partial charge >= 0.3 is 0 Å². The van der Waals surface area contributed by atoms with Gasteiger partial charge in [0.25, 0.3) is 0 Å². The normalized spacial score (nSPS) is 14.4. The Morgan fingerprint density at radius 3 is 2.86 bits per heavy atom. The van der Waals surface area contributed by atoms with Crippen LogP contribution in [0.1, 0.15) is 23.8 Å². The summed E-state index contributed by atoms with van der Waals surface area (Å²) in [5.74, 6) is 0. The molecule has 0 amide bonds. The third kappa shape index (κ3) is 2.28. The van der Waals surface area contributed by atoms with Crippen LogP contribution in [0.25, 0.3) is 0 Å². The maximum atomic E-state index is 9.64. The van der Waals surface area contributed by atoms with Crippen molar-refractivity contribution in [2.45, 2.75) is 25.6 Å². The molecule has 4 heteroatoms. The van der Waals surface area contributed by atoms with E-state index in [2.05, 4.69) is 4.98 Å². The van der Waals surface area contributed by atoms with Crippen molar-refractivity contribution in [2.75, 3.05) is 0 Å². The quantitative estimate of drug-likeness (QED) is 0.739. The highest BCUT2D eigenvalue weighted by Gasteiger charge is 2.20. The molecule has 1 rings (SSSR count). The van der Waals surface area contributed by atoms with Gasteiger partial charge < -0.3 is 10.2 Å². The van der Waals surface area contributed by atoms with Crippen molar-refractivity contribution in [3.63, 3.8) is 0 Å². The summed E-state index contributed by atoms with van der Waals surface area (Å²) in [4.78, 5) is 3.96. The van der Waals surface area contributed by atoms with E-state index >= 15 is 0 Å². The van der Waals surface area contributed by atoms with Crippen LogP contribution in [-0.2, 0) is 0 Å². The summed E-state index contributed by atoms with van der Waals surface area (Å²) >= 11 is 0. The lowest BCUT2D eigenvalue weighted by atomic mass is 10.0. The molecule has 0 aliphatic heterocycles. The van der Waals surface area contributed by atoms with Crippen molar-refractivity contribution >= 4 is 0 Å². The smallest absolute Gasteiger partial charge is 0.123 e. The Bertz CT molecular complexity index is 346. The zero-order valence-electron chi connectivity index (χ0n) is 7.88. The Hall–Kier alpha value is -1.44. The van der Waals surface area contributed by atoms with E-state index in [9.17, 15) is 10.2 Å². The fraction of sp³-hybridized carbons (Fsp3) is 0.400. The Morgan fingerprint density at radius 2 is 2.29 bits per heavy atom. The zero-order chi connectivity index (χ0) is 10.6. The Morgan fingerprint density at radius 1 is 1.57 bits per heavy atom. The van der Waals surface area contributed by atoms with Crippen molar-refractivity contribution in [3.05, 3.63) is 29.6 Å². The average molecular weight is 192 g/mol. The fourth-order valence-electron chi connectivity index (χ4n) is 1.19. The van der Waals surface area contributed by atoms with Crippen LogP contribution in [-0.4, -0.2) is 21.3 Å². The molecule has 2 unspecified atom stereocenters. The first kappa shape index (κ1) is 10.6. The molecule has 14 heavy (non-hydrogen) atoms. The van der Waals surface area contributed by atoms with E-state index in [0.29, 0.717) is 5.69 Å². The van der Waals surface area contributed by atoms with Gasteiger partial charge in [-0.2, -0.15) is 5.26 Å². The molecule has 0 saturated carbocycles. The van der Waals surface area contributed by atoms with Gasteiger partial charge in [-0.15, -0.1) is 0 Å². The van der Waals surface area contributed by atoms with Crippen molar-refractivity contribution in [1.82, 2.24) is 4.98 Å². The highest BCUT2D eigenvalue weighted by molar-refractivity contribution is 5.20. The molecule has 2 atom stereocenters. The van der Waals surface area contributed by atoms with E-state index in [1.54, 1.807) is 31.3 Å². The molecule has 74 valence electrons. The molecule has 1 aromatic heterocycles. The third-order valence-corrected chi connectivity index (χ3v) is 1.99. The number of rotatable bonds is 3. The van der Waals surface area contributed by atoms with Gasteiger partial charge in [0, 0.05) is 6.20 Å². The molecule has 1 aromatic rings. The van der Waals surface area contributed by atoms with Crippen molar-refractivity contribution in [2.24, 2.45) is 0 Å². The maximum Gasteiger partial charge on any atom is 0.123 e. The van der Waals surface area contributed by atoms with Crippen LogP contribution >= 0.6 is 0 Å². The number of aromatic nitrogens is 1. The molecule has 1 heterocycles. The van der Waals surface area contributed by atoms with Gasteiger partial charge in [-0.1, -0.05) is 6.07 Å². The molecule has 0 aromatic carbocycles. The molecular formula is C10H12N2O2. The summed E-state index contributed by atoms with van der Waals surface area (Å²) in [6.07, 6.45) is -0.716. The van der Waals surface area contributed by atoms with Crippen molar-refractivity contribution < 1.29 is 10.2 Å². The number of pyridine rings is 1. The molecule has 0 spiro atoms. The standard InChI is InChI=1S/C10H12N2O2/c1-7-3-2-6-12-9(7)10(14)8(13)4-5-11/h2-3,6,8,10,13-14H,4H2,1H3. The summed E-state index contributed by atoms with van der Waals surface area (Å²) in [6.45, 7) is 1.80. The second-order valence-electron chi connectivity index (χ2n) is 3.08. The molecule has 2 N–H and O–H groups in total. The maximum absolute atomic E-state index is 9.64. The van der Waals surface area contributed by atoms with Crippen LogP contribution in [0.5, 0.6) is 0 Å². The lowest BCUT2D eigenvalue weighted by molar-refractivity contribution is 0.0186. The van der Waals surface area contributed by atoms with Gasteiger partial charge in [0.2, 0.25) is 0 Å². The minimum absolute atomic E-state index is 0.100. The summed E-state index contributed by atoms with van der Waals surface area (Å²) < 4.78 is 0. The number of nitriles is 1. The SMILES string of the molecule is Cc1cccnc1C(O)C(O)CC#N. The molecule has 0 aliphatic carbocycles. The van der Waals surface area contributed by atoms with E-state index in [4.69, 9.17) is 5.26 Å². The number of hydrogen-bond donors (Lipinski definition) is 2. The Kier molecular flexibility index (Phi) is 3.57. The monoisotopic (exact) mass is 192 g/mol. The van der Waals surface area contributed by atoms with E-state index < -0.39 is 12.2 Å². The molecule has 0 radical (unpaired) electrons. The predicted octanol–water partition coefficient (Wildman–Crippen LogP) is 0.698. The zero-order valence-corrected chi connectivity index (χ0v) is 7.88. The third-order valence-electron chi connectivity index (χ3n) is 1.99. The minimum atomic E-state index is -1.09. The number of aliphatic hydroxyl groups is 2. The van der Waals surface area contributed by atoms with Gasteiger partial charge in [-0.05, 0) is 18.6 Å². The second kappa shape index (κ2) is 4.70. The summed E-state index contributed by atoms with van der Waals surface area (Å²) in [5.41, 5.74) is 1.23. The number of aryl methyl sites for hydroxylation is 1. The van der Waals surface area contributed by atoms with Gasteiger partial charge in [0.1, 0.15) is 6.10 Å². The van der Waals surface area contributed by atoms with E-state index in [1.807, 2.05) is 0 Å². The first-order valence-corrected chi connectivity index (χ1v) is 4.31. The van der Waals surface area contributed by atoms with E-state index in [0.717, 1.165) is 5.56 Å². The van der Waals surface area contributed by atoms with Crippen LogP contribution < -0.4 is 0 Å². The molecule has 0 bridgehead atoms. The van der Waals surface area contributed by atoms with Gasteiger partial charge in [0.15, 0.2) is 0 Å². The number of nitrogens with zero attached hydrogens (tertiary/aromatic N) is 2. The van der Waals surface area contributed by atoms with Crippen LogP contribution in [0.2, 0.25) is 0 Å². The first-order valence-electron chi connectivity index (χ1n) is 4.31. The number of hydrogen-bond acceptors (Lipinski definition) is 4. The van der Waals surface area contributed by atoms with Crippen LogP contribution in [0.15, 0.2) is 18.3 Å². The second-order valence-corrected chi connectivity index (χ2v) is 3.08. The highest BCUT2D eigenvalue weighted by atomic mass is 16.3. The molecule has 0 aliphatic rings. The molecule has 0 saturated heterocycles. The van der Waals surface area contributed by atoms with Crippen LogP contribution in [0.4, 0.5) is 0 Å². The Labute approximate surface area is 82.5 Å². The summed E-state index contributed by atoms with van der Waals surface area (Å²) in [7, 11) is 0. The lowest BCUT2D eigenvalue weighted by Crippen LogP contribution is -2.19. The predicted molar refractivity (Wildman–Crippen MR) is 50.2 cm³/mol. The topological polar surface area (TPSA) is 77.1 Å². The fourth-order valence-corrected chi connectivity index (χ4v) is 1.19.